The van der Waals surface area contributed by atoms with Gasteiger partial charge in [0.05, 0.1) is 17.9 Å². The molecule has 2 heterocycles. The third-order valence-corrected chi connectivity index (χ3v) is 3.52. The van der Waals surface area contributed by atoms with Crippen molar-refractivity contribution in [2.24, 2.45) is 0 Å². The Morgan fingerprint density at radius 1 is 1.23 bits per heavy atom. The zero-order valence-corrected chi connectivity index (χ0v) is 13.0. The lowest BCUT2D eigenvalue weighted by Crippen LogP contribution is -1.93. The second-order valence-corrected chi connectivity index (χ2v) is 5.25. The minimum atomic E-state index is 0.424. The number of ether oxygens (including phenoxy) is 1. The van der Waals surface area contributed by atoms with Crippen LogP contribution in [0.15, 0.2) is 38.4 Å². The van der Waals surface area contributed by atoms with Crippen molar-refractivity contribution in [3.8, 4) is 17.2 Å². The number of hydrogen-bond donors (Lipinski definition) is 0. The van der Waals surface area contributed by atoms with Gasteiger partial charge in [-0.25, -0.2) is 0 Å². The number of benzene rings is 1. The summed E-state index contributed by atoms with van der Waals surface area (Å²) in [6.45, 7) is 4.27. The van der Waals surface area contributed by atoms with E-state index in [4.69, 9.17) is 13.7 Å². The van der Waals surface area contributed by atoms with Gasteiger partial charge in [0, 0.05) is 0 Å². The molecule has 0 N–H and O–H groups in total. The molecular formula is C14H14N4O3S. The Bertz CT molecular complexity index is 756. The molecule has 0 atom stereocenters. The highest BCUT2D eigenvalue weighted by molar-refractivity contribution is 7.98. The van der Waals surface area contributed by atoms with Gasteiger partial charge in [-0.3, -0.25) is 0 Å². The van der Waals surface area contributed by atoms with Gasteiger partial charge >= 0.3 is 0 Å². The van der Waals surface area contributed by atoms with Crippen molar-refractivity contribution in [1.29, 1.82) is 0 Å². The van der Waals surface area contributed by atoms with Gasteiger partial charge in [-0.15, -0.1) is 10.2 Å². The van der Waals surface area contributed by atoms with Crippen molar-refractivity contribution in [1.82, 2.24) is 20.3 Å². The summed E-state index contributed by atoms with van der Waals surface area (Å²) in [7, 11) is 0. The van der Waals surface area contributed by atoms with Crippen molar-refractivity contribution < 1.29 is 13.7 Å². The highest BCUT2D eigenvalue weighted by atomic mass is 32.2. The lowest BCUT2D eigenvalue weighted by molar-refractivity contribution is 0.340. The van der Waals surface area contributed by atoms with E-state index < -0.39 is 0 Å². The summed E-state index contributed by atoms with van der Waals surface area (Å²) >= 11 is 1.34. The van der Waals surface area contributed by atoms with Gasteiger partial charge in [-0.1, -0.05) is 29.1 Å². The number of nitrogens with zero attached hydrogens (tertiary/aromatic N) is 4. The highest BCUT2D eigenvalue weighted by Crippen LogP contribution is 2.31. The molecule has 0 saturated heterocycles. The quantitative estimate of drug-likeness (QED) is 0.641. The van der Waals surface area contributed by atoms with Gasteiger partial charge in [-0.05, 0) is 26.0 Å². The van der Waals surface area contributed by atoms with Crippen LogP contribution in [-0.2, 0) is 5.75 Å². The Labute approximate surface area is 131 Å². The first-order valence-electron chi connectivity index (χ1n) is 6.74. The van der Waals surface area contributed by atoms with Crippen LogP contribution in [0.1, 0.15) is 18.6 Å². The first-order valence-corrected chi connectivity index (χ1v) is 7.72. The Morgan fingerprint density at radius 3 is 2.86 bits per heavy atom. The molecular weight excluding hydrogens is 304 g/mol. The fourth-order valence-electron chi connectivity index (χ4n) is 1.82. The van der Waals surface area contributed by atoms with E-state index in [1.807, 2.05) is 31.2 Å². The van der Waals surface area contributed by atoms with Crippen molar-refractivity contribution in [2.75, 3.05) is 6.61 Å². The van der Waals surface area contributed by atoms with Crippen LogP contribution in [0.2, 0.25) is 0 Å². The fourth-order valence-corrected chi connectivity index (χ4v) is 2.42. The molecule has 2 aromatic heterocycles. The summed E-state index contributed by atoms with van der Waals surface area (Å²) in [6.07, 6.45) is 0. The predicted octanol–water partition coefficient (Wildman–Crippen LogP) is 3.12. The lowest BCUT2D eigenvalue weighted by atomic mass is 10.2. The average Bonchev–Trinajstić information content (AvgIpc) is 3.15. The zero-order chi connectivity index (χ0) is 15.4. The van der Waals surface area contributed by atoms with Crippen LogP contribution < -0.4 is 4.74 Å². The number of hydrogen-bond acceptors (Lipinski definition) is 8. The maximum atomic E-state index is 5.66. The number of para-hydroxylation sites is 1. The maximum absolute atomic E-state index is 5.66. The van der Waals surface area contributed by atoms with Crippen LogP contribution in [0, 0.1) is 6.92 Å². The molecule has 0 bridgehead atoms. The molecule has 0 aliphatic carbocycles. The first kappa shape index (κ1) is 14.6. The van der Waals surface area contributed by atoms with Gasteiger partial charge in [-0.2, -0.15) is 4.98 Å². The largest absolute Gasteiger partial charge is 0.493 e. The molecule has 0 spiro atoms. The van der Waals surface area contributed by atoms with Crippen molar-refractivity contribution in [3.05, 3.63) is 36.0 Å². The van der Waals surface area contributed by atoms with E-state index in [0.29, 0.717) is 35.2 Å². The molecule has 7 nitrogen and oxygen atoms in total. The molecule has 0 unspecified atom stereocenters. The third kappa shape index (κ3) is 3.28. The van der Waals surface area contributed by atoms with Crippen LogP contribution in [0.3, 0.4) is 0 Å². The van der Waals surface area contributed by atoms with Crippen LogP contribution in [0.5, 0.6) is 5.75 Å². The third-order valence-electron chi connectivity index (χ3n) is 2.71. The summed E-state index contributed by atoms with van der Waals surface area (Å²) in [6, 6.07) is 7.56. The topological polar surface area (TPSA) is 87.1 Å². The van der Waals surface area contributed by atoms with E-state index in [1.165, 1.54) is 11.8 Å². The van der Waals surface area contributed by atoms with Gasteiger partial charge in [0.15, 0.2) is 5.82 Å². The van der Waals surface area contributed by atoms with Crippen molar-refractivity contribution in [3.63, 3.8) is 0 Å². The molecule has 0 saturated carbocycles. The fraction of sp³-hybridized carbons (Fsp3) is 0.286. The Balaban J connectivity index is 1.73. The van der Waals surface area contributed by atoms with Crippen molar-refractivity contribution in [2.45, 2.75) is 24.8 Å². The van der Waals surface area contributed by atoms with E-state index in [2.05, 4.69) is 20.3 Å². The van der Waals surface area contributed by atoms with Gasteiger partial charge in [0.2, 0.25) is 5.89 Å². The Kier molecular flexibility index (Phi) is 4.38. The number of aromatic nitrogens is 4. The summed E-state index contributed by atoms with van der Waals surface area (Å²) in [5.41, 5.74) is 0.775. The second-order valence-electron chi connectivity index (χ2n) is 4.33. The van der Waals surface area contributed by atoms with E-state index in [-0.39, 0.29) is 0 Å². The number of thioether (sulfide) groups is 1. The average molecular weight is 318 g/mol. The Hall–Kier alpha value is -2.35. The minimum Gasteiger partial charge on any atom is -0.493 e. The van der Waals surface area contributed by atoms with Gasteiger partial charge < -0.3 is 13.7 Å². The molecule has 0 aliphatic rings. The summed E-state index contributed by atoms with van der Waals surface area (Å²) in [4.78, 5) is 4.12. The molecule has 3 rings (SSSR count). The first-order chi connectivity index (χ1) is 10.8. The second kappa shape index (κ2) is 6.61. The lowest BCUT2D eigenvalue weighted by Gasteiger charge is -2.05. The monoisotopic (exact) mass is 318 g/mol. The Morgan fingerprint density at radius 2 is 2.09 bits per heavy atom. The molecule has 8 heteroatoms. The molecule has 114 valence electrons. The number of aryl methyl sites for hydroxylation is 1. The standard InChI is InChI=1S/C14H14N4O3S/c1-3-19-11-7-5-4-6-10(11)13-16-17-14(20-13)22-8-12-15-9(2)18-21-12/h4-7H,3,8H2,1-2H3. The maximum Gasteiger partial charge on any atom is 0.277 e. The molecule has 0 aliphatic heterocycles. The van der Waals surface area contributed by atoms with E-state index in [1.54, 1.807) is 6.92 Å². The zero-order valence-electron chi connectivity index (χ0n) is 12.1. The minimum absolute atomic E-state index is 0.424. The number of rotatable bonds is 6. The van der Waals surface area contributed by atoms with E-state index in [9.17, 15) is 0 Å². The molecule has 22 heavy (non-hydrogen) atoms. The summed E-state index contributed by atoms with van der Waals surface area (Å²) in [5.74, 6) is 2.76. The molecule has 1 aromatic carbocycles. The van der Waals surface area contributed by atoms with Crippen LogP contribution in [0.4, 0.5) is 0 Å². The predicted molar refractivity (Wildman–Crippen MR) is 79.5 cm³/mol. The molecule has 0 fully saturated rings. The molecule has 0 amide bonds. The van der Waals surface area contributed by atoms with Gasteiger partial charge in [0.25, 0.3) is 11.1 Å². The van der Waals surface area contributed by atoms with Gasteiger partial charge in [0.1, 0.15) is 5.75 Å². The summed E-state index contributed by atoms with van der Waals surface area (Å²) in [5, 5.41) is 12.3. The van der Waals surface area contributed by atoms with Crippen LogP contribution >= 0.6 is 11.8 Å². The summed E-state index contributed by atoms with van der Waals surface area (Å²) < 4.78 is 16.3. The van der Waals surface area contributed by atoms with Crippen LogP contribution in [0.25, 0.3) is 11.5 Å². The molecule has 3 aromatic rings. The molecule has 0 radical (unpaired) electrons. The highest BCUT2D eigenvalue weighted by Gasteiger charge is 2.14. The van der Waals surface area contributed by atoms with E-state index >= 15 is 0 Å². The normalized spacial score (nSPS) is 10.8. The van der Waals surface area contributed by atoms with Crippen molar-refractivity contribution >= 4 is 11.8 Å². The van der Waals surface area contributed by atoms with Crippen LogP contribution in [-0.4, -0.2) is 26.9 Å². The SMILES string of the molecule is CCOc1ccccc1-c1nnc(SCc2nc(C)no2)o1. The smallest absolute Gasteiger partial charge is 0.277 e. The van der Waals surface area contributed by atoms with E-state index in [0.717, 1.165) is 11.3 Å².